The second-order valence-electron chi connectivity index (χ2n) is 3.31. The first-order valence-electron chi connectivity index (χ1n) is 4.63. The zero-order valence-corrected chi connectivity index (χ0v) is 14.7. The predicted molar refractivity (Wildman–Crippen MR) is 83.8 cm³/mol. The van der Waals surface area contributed by atoms with Crippen LogP contribution in [-0.4, -0.2) is 0 Å². The molecule has 0 aliphatic carbocycles. The summed E-state index contributed by atoms with van der Waals surface area (Å²) in [6.45, 7) is 0. The van der Waals surface area contributed by atoms with Crippen molar-refractivity contribution in [3.8, 4) is 11.5 Å². The molecule has 0 N–H and O–H groups in total. The highest BCUT2D eigenvalue weighted by Gasteiger charge is 2.03. The van der Waals surface area contributed by atoms with Crippen molar-refractivity contribution in [1.29, 1.82) is 0 Å². The van der Waals surface area contributed by atoms with Gasteiger partial charge >= 0.3 is 0 Å². The van der Waals surface area contributed by atoms with Gasteiger partial charge in [-0.2, -0.15) is 0 Å². The normalized spacial score (nSPS) is 10.4. The molecule has 88 valence electrons. The molecule has 0 radical (unpaired) electrons. The van der Waals surface area contributed by atoms with E-state index in [-0.39, 0.29) is 0 Å². The topological polar surface area (TPSA) is 9.23 Å². The number of hydrogen-bond donors (Lipinski definition) is 0. The fraction of sp³-hybridized carbons (Fsp3) is 0. The van der Waals surface area contributed by atoms with Crippen molar-refractivity contribution in [3.05, 3.63) is 54.3 Å². The molecule has 0 heterocycles. The second-order valence-corrected chi connectivity index (χ2v) is 6.98. The zero-order valence-electron chi connectivity index (χ0n) is 8.38. The van der Waals surface area contributed by atoms with Crippen molar-refractivity contribution >= 4 is 63.7 Å². The van der Waals surface area contributed by atoms with Crippen LogP contribution in [0.25, 0.3) is 0 Å². The lowest BCUT2D eigenvalue weighted by atomic mass is 10.3. The highest BCUT2D eigenvalue weighted by Crippen LogP contribution is 2.31. The lowest BCUT2D eigenvalue weighted by molar-refractivity contribution is 0.481. The van der Waals surface area contributed by atoms with Gasteiger partial charge in [0.15, 0.2) is 0 Å². The lowest BCUT2D eigenvalue weighted by Gasteiger charge is -2.08. The molecule has 0 aliphatic heterocycles. The molecule has 0 saturated heterocycles. The molecular weight excluding hydrogens is 480 g/mol. The molecule has 5 heteroatoms. The number of hydrogen-bond acceptors (Lipinski definition) is 1. The van der Waals surface area contributed by atoms with Crippen molar-refractivity contribution in [3.63, 3.8) is 0 Å². The second kappa shape index (κ2) is 5.87. The molecule has 0 fully saturated rings. The summed E-state index contributed by atoms with van der Waals surface area (Å²) in [6.07, 6.45) is 0. The van der Waals surface area contributed by atoms with Crippen molar-refractivity contribution in [2.24, 2.45) is 0 Å². The number of halogens is 4. The summed E-state index contributed by atoms with van der Waals surface area (Å²) in [4.78, 5) is 0. The maximum atomic E-state index is 5.78. The van der Waals surface area contributed by atoms with Gasteiger partial charge in [-0.1, -0.05) is 63.7 Å². The van der Waals surface area contributed by atoms with E-state index in [0.717, 1.165) is 29.4 Å². The highest BCUT2D eigenvalue weighted by molar-refractivity contribution is 9.11. The molecule has 1 nitrogen and oxygen atoms in total. The first-order chi connectivity index (χ1) is 8.02. The van der Waals surface area contributed by atoms with Crippen LogP contribution in [0.5, 0.6) is 11.5 Å². The van der Waals surface area contributed by atoms with Gasteiger partial charge in [0.25, 0.3) is 0 Å². The van der Waals surface area contributed by atoms with Gasteiger partial charge in [0.2, 0.25) is 0 Å². The molecule has 2 aromatic rings. The Bertz CT molecular complexity index is 464. The Labute approximate surface area is 133 Å². The van der Waals surface area contributed by atoms with E-state index in [1.165, 1.54) is 0 Å². The van der Waals surface area contributed by atoms with Crippen LogP contribution >= 0.6 is 63.7 Å². The molecule has 0 aliphatic rings. The van der Waals surface area contributed by atoms with Gasteiger partial charge in [-0.15, -0.1) is 0 Å². The quantitative estimate of drug-likeness (QED) is 0.470. The maximum Gasteiger partial charge on any atom is 0.129 e. The van der Waals surface area contributed by atoms with Crippen molar-refractivity contribution in [1.82, 2.24) is 0 Å². The molecule has 0 atom stereocenters. The molecule has 0 spiro atoms. The summed E-state index contributed by atoms with van der Waals surface area (Å²) in [6, 6.07) is 11.6. The number of rotatable bonds is 2. The van der Waals surface area contributed by atoms with E-state index in [0.29, 0.717) is 0 Å². The van der Waals surface area contributed by atoms with E-state index in [9.17, 15) is 0 Å². The molecule has 0 unspecified atom stereocenters. The van der Waals surface area contributed by atoms with Gasteiger partial charge < -0.3 is 4.74 Å². The van der Waals surface area contributed by atoms with Crippen LogP contribution in [0.15, 0.2) is 54.3 Å². The third-order valence-corrected chi connectivity index (χ3v) is 3.74. The molecule has 0 amide bonds. The van der Waals surface area contributed by atoms with Crippen LogP contribution in [-0.2, 0) is 0 Å². The van der Waals surface area contributed by atoms with E-state index in [1.54, 1.807) is 0 Å². The van der Waals surface area contributed by atoms with Crippen LogP contribution in [0.4, 0.5) is 0 Å². The summed E-state index contributed by atoms with van der Waals surface area (Å²) in [5, 5.41) is 0. The zero-order chi connectivity index (χ0) is 12.4. The van der Waals surface area contributed by atoms with Crippen LogP contribution in [0.2, 0.25) is 0 Å². The molecule has 0 aromatic heterocycles. The smallest absolute Gasteiger partial charge is 0.129 e. The van der Waals surface area contributed by atoms with Crippen LogP contribution in [0, 0.1) is 0 Å². The van der Waals surface area contributed by atoms with Gasteiger partial charge in [0.05, 0.1) is 0 Å². The summed E-state index contributed by atoms with van der Waals surface area (Å²) in [5.74, 6) is 1.55. The third kappa shape index (κ3) is 4.09. The van der Waals surface area contributed by atoms with E-state index in [1.807, 2.05) is 36.4 Å². The summed E-state index contributed by atoms with van der Waals surface area (Å²) >= 11 is 13.7. The van der Waals surface area contributed by atoms with Gasteiger partial charge in [0.1, 0.15) is 11.5 Å². The average molecular weight is 486 g/mol. The minimum Gasteiger partial charge on any atom is -0.457 e. The minimum absolute atomic E-state index is 0.774. The highest BCUT2D eigenvalue weighted by atomic mass is 79.9. The SMILES string of the molecule is Brc1cc(Br)cc(Oc2cc(Br)cc(Br)c2)c1. The fourth-order valence-corrected chi connectivity index (χ4v) is 3.81. The van der Waals surface area contributed by atoms with Gasteiger partial charge in [-0.3, -0.25) is 0 Å². The molecule has 17 heavy (non-hydrogen) atoms. The van der Waals surface area contributed by atoms with E-state index in [2.05, 4.69) is 63.7 Å². The first kappa shape index (κ1) is 13.6. The maximum absolute atomic E-state index is 5.78. The molecular formula is C12H6Br4O. The third-order valence-electron chi connectivity index (χ3n) is 1.91. The molecule has 0 bridgehead atoms. The minimum atomic E-state index is 0.774. The van der Waals surface area contributed by atoms with Gasteiger partial charge in [-0.25, -0.2) is 0 Å². The van der Waals surface area contributed by atoms with Crippen molar-refractivity contribution < 1.29 is 4.74 Å². The Kier molecular flexibility index (Phi) is 4.69. The van der Waals surface area contributed by atoms with Crippen LogP contribution in [0.1, 0.15) is 0 Å². The predicted octanol–water partition coefficient (Wildman–Crippen LogP) is 6.53. The Morgan fingerprint density at radius 2 is 0.824 bits per heavy atom. The molecule has 0 saturated carbocycles. The fourth-order valence-electron chi connectivity index (χ4n) is 1.31. The summed E-state index contributed by atoms with van der Waals surface area (Å²) < 4.78 is 9.66. The van der Waals surface area contributed by atoms with Gasteiger partial charge in [-0.05, 0) is 36.4 Å². The largest absolute Gasteiger partial charge is 0.457 e. The Balaban J connectivity index is 2.31. The monoisotopic (exact) mass is 482 g/mol. The average Bonchev–Trinajstić information content (AvgIpc) is 2.13. The van der Waals surface area contributed by atoms with Crippen LogP contribution in [0.3, 0.4) is 0 Å². The Morgan fingerprint density at radius 1 is 0.529 bits per heavy atom. The molecule has 2 rings (SSSR count). The summed E-state index contributed by atoms with van der Waals surface area (Å²) in [7, 11) is 0. The standard InChI is InChI=1S/C12H6Br4O/c13-7-1-8(14)4-11(3-7)17-12-5-9(15)2-10(16)6-12/h1-6H. The first-order valence-corrected chi connectivity index (χ1v) is 7.80. The Morgan fingerprint density at radius 3 is 1.12 bits per heavy atom. The number of ether oxygens (including phenoxy) is 1. The van der Waals surface area contributed by atoms with Crippen molar-refractivity contribution in [2.45, 2.75) is 0 Å². The lowest BCUT2D eigenvalue weighted by Crippen LogP contribution is -1.85. The molecule has 2 aromatic carbocycles. The van der Waals surface area contributed by atoms with E-state index in [4.69, 9.17) is 4.74 Å². The van der Waals surface area contributed by atoms with Crippen molar-refractivity contribution in [2.75, 3.05) is 0 Å². The Hall–Kier alpha value is 0.160. The summed E-state index contributed by atoms with van der Waals surface area (Å²) in [5.41, 5.74) is 0. The number of benzene rings is 2. The van der Waals surface area contributed by atoms with Gasteiger partial charge in [0, 0.05) is 17.9 Å². The van der Waals surface area contributed by atoms with E-state index < -0.39 is 0 Å². The van der Waals surface area contributed by atoms with E-state index >= 15 is 0 Å². The van der Waals surface area contributed by atoms with Crippen LogP contribution < -0.4 is 4.74 Å².